The van der Waals surface area contributed by atoms with Crippen LogP contribution in [0.15, 0.2) is 48.5 Å². The Labute approximate surface area is 163 Å². The van der Waals surface area contributed by atoms with Gasteiger partial charge in [0.05, 0.1) is 5.75 Å². The molecule has 0 atom stereocenters. The molecule has 26 heavy (non-hydrogen) atoms. The van der Waals surface area contributed by atoms with Crippen LogP contribution < -0.4 is 5.32 Å². The average molecular weight is 392 g/mol. The van der Waals surface area contributed by atoms with E-state index in [-0.39, 0.29) is 24.2 Å². The standard InChI is InChI=1S/C20H22ClNO3S/c1-14(2)16-8-4-6-10-18(16)22-19(23)11-25-20(24)13-26-12-15-7-3-5-9-17(15)21/h3-10,14H,11-13H2,1-2H3,(H,22,23). The number of anilines is 1. The second-order valence-electron chi connectivity index (χ2n) is 6.04. The van der Waals surface area contributed by atoms with Crippen LogP contribution in [0.3, 0.4) is 0 Å². The molecule has 0 aliphatic carbocycles. The number of rotatable bonds is 8. The van der Waals surface area contributed by atoms with Crippen LogP contribution in [0.1, 0.15) is 30.9 Å². The van der Waals surface area contributed by atoms with Gasteiger partial charge in [0.2, 0.25) is 0 Å². The number of hydrogen-bond acceptors (Lipinski definition) is 4. The first-order chi connectivity index (χ1) is 12.5. The van der Waals surface area contributed by atoms with Crippen LogP contribution in [0.5, 0.6) is 0 Å². The van der Waals surface area contributed by atoms with Gasteiger partial charge >= 0.3 is 5.97 Å². The molecule has 6 heteroatoms. The maximum Gasteiger partial charge on any atom is 0.316 e. The third kappa shape index (κ3) is 6.39. The number of thioether (sulfide) groups is 1. The zero-order chi connectivity index (χ0) is 18.9. The molecule has 0 saturated heterocycles. The quantitative estimate of drug-likeness (QED) is 0.651. The molecule has 0 radical (unpaired) electrons. The van der Waals surface area contributed by atoms with E-state index in [9.17, 15) is 9.59 Å². The van der Waals surface area contributed by atoms with Crippen LogP contribution in [0.25, 0.3) is 0 Å². The summed E-state index contributed by atoms with van der Waals surface area (Å²) in [6, 6.07) is 15.1. The Bertz CT molecular complexity index is 764. The van der Waals surface area contributed by atoms with Crippen LogP contribution >= 0.6 is 23.4 Å². The summed E-state index contributed by atoms with van der Waals surface area (Å²) in [7, 11) is 0. The molecular formula is C20H22ClNO3S. The van der Waals surface area contributed by atoms with E-state index in [2.05, 4.69) is 19.2 Å². The summed E-state index contributed by atoms with van der Waals surface area (Å²) < 4.78 is 5.04. The topological polar surface area (TPSA) is 55.4 Å². The zero-order valence-electron chi connectivity index (χ0n) is 14.8. The Kier molecular flexibility index (Phi) is 8.01. The molecule has 0 saturated carbocycles. The number of amides is 1. The highest BCUT2D eigenvalue weighted by Crippen LogP contribution is 2.23. The fourth-order valence-corrected chi connectivity index (χ4v) is 3.45. The van der Waals surface area contributed by atoms with Crippen molar-refractivity contribution in [3.8, 4) is 0 Å². The SMILES string of the molecule is CC(C)c1ccccc1NC(=O)COC(=O)CSCc1ccccc1Cl. The van der Waals surface area contributed by atoms with Crippen LogP contribution in [0.4, 0.5) is 5.69 Å². The van der Waals surface area contributed by atoms with E-state index in [0.717, 1.165) is 16.8 Å². The highest BCUT2D eigenvalue weighted by Gasteiger charge is 2.12. The van der Waals surface area contributed by atoms with Gasteiger partial charge in [-0.25, -0.2) is 0 Å². The van der Waals surface area contributed by atoms with Crippen LogP contribution in [-0.2, 0) is 20.1 Å². The maximum absolute atomic E-state index is 12.0. The first-order valence-corrected chi connectivity index (χ1v) is 9.86. The second kappa shape index (κ2) is 10.2. The lowest BCUT2D eigenvalue weighted by molar-refractivity contribution is -0.144. The van der Waals surface area contributed by atoms with Crippen molar-refractivity contribution in [3.63, 3.8) is 0 Å². The Balaban J connectivity index is 1.74. The van der Waals surface area contributed by atoms with Crippen molar-refractivity contribution in [2.45, 2.75) is 25.5 Å². The van der Waals surface area contributed by atoms with Crippen molar-refractivity contribution in [2.24, 2.45) is 0 Å². The third-order valence-electron chi connectivity index (χ3n) is 3.66. The van der Waals surface area contributed by atoms with Crippen molar-refractivity contribution in [3.05, 3.63) is 64.7 Å². The minimum Gasteiger partial charge on any atom is -0.455 e. The Morgan fingerprint density at radius 1 is 1.12 bits per heavy atom. The van der Waals surface area contributed by atoms with Crippen LogP contribution in [0, 0.1) is 0 Å². The summed E-state index contributed by atoms with van der Waals surface area (Å²) in [5.74, 6) is 0.302. The second-order valence-corrected chi connectivity index (χ2v) is 7.43. The summed E-state index contributed by atoms with van der Waals surface area (Å²) in [4.78, 5) is 23.8. The van der Waals surface area contributed by atoms with Gasteiger partial charge in [0, 0.05) is 16.5 Å². The molecule has 2 rings (SSSR count). The monoisotopic (exact) mass is 391 g/mol. The number of nitrogens with one attached hydrogen (secondary N) is 1. The van der Waals surface area contributed by atoms with Gasteiger partial charge in [-0.3, -0.25) is 9.59 Å². The van der Waals surface area contributed by atoms with Crippen LogP contribution in [0.2, 0.25) is 5.02 Å². The molecule has 138 valence electrons. The van der Waals surface area contributed by atoms with Gasteiger partial charge in [0.15, 0.2) is 6.61 Å². The molecule has 0 bridgehead atoms. The predicted molar refractivity (Wildman–Crippen MR) is 108 cm³/mol. The molecule has 0 heterocycles. The molecule has 0 aliphatic heterocycles. The van der Waals surface area contributed by atoms with Crippen molar-refractivity contribution < 1.29 is 14.3 Å². The smallest absolute Gasteiger partial charge is 0.316 e. The summed E-state index contributed by atoms with van der Waals surface area (Å²) >= 11 is 7.47. The van der Waals surface area contributed by atoms with E-state index in [0.29, 0.717) is 10.8 Å². The summed E-state index contributed by atoms with van der Waals surface area (Å²) in [6.45, 7) is 3.82. The lowest BCUT2D eigenvalue weighted by atomic mass is 10.0. The number of para-hydroxylation sites is 1. The molecule has 2 aromatic carbocycles. The minimum absolute atomic E-state index is 0.168. The Morgan fingerprint density at radius 2 is 1.81 bits per heavy atom. The van der Waals surface area contributed by atoms with Gasteiger partial charge in [0.1, 0.15) is 0 Å². The number of carbonyl (C=O) groups is 2. The molecule has 0 aromatic heterocycles. The van der Waals surface area contributed by atoms with E-state index in [1.54, 1.807) is 0 Å². The van der Waals surface area contributed by atoms with E-state index < -0.39 is 5.97 Å². The lowest BCUT2D eigenvalue weighted by Gasteiger charge is -2.13. The molecule has 4 nitrogen and oxygen atoms in total. The Morgan fingerprint density at radius 3 is 2.54 bits per heavy atom. The molecule has 0 aliphatic rings. The molecule has 0 unspecified atom stereocenters. The summed E-state index contributed by atoms with van der Waals surface area (Å²) in [5.41, 5.74) is 2.76. The fourth-order valence-electron chi connectivity index (χ4n) is 2.35. The highest BCUT2D eigenvalue weighted by atomic mass is 35.5. The van der Waals surface area contributed by atoms with E-state index in [1.165, 1.54) is 11.8 Å². The van der Waals surface area contributed by atoms with E-state index >= 15 is 0 Å². The van der Waals surface area contributed by atoms with Gasteiger partial charge in [0.25, 0.3) is 5.91 Å². The third-order valence-corrected chi connectivity index (χ3v) is 4.98. The van der Waals surface area contributed by atoms with Gasteiger partial charge in [-0.2, -0.15) is 0 Å². The first-order valence-electron chi connectivity index (χ1n) is 8.33. The van der Waals surface area contributed by atoms with Gasteiger partial charge in [-0.1, -0.05) is 61.8 Å². The number of hydrogen-bond donors (Lipinski definition) is 1. The number of benzene rings is 2. The van der Waals surface area contributed by atoms with Crippen molar-refractivity contribution >= 4 is 40.9 Å². The van der Waals surface area contributed by atoms with Crippen molar-refractivity contribution in [1.82, 2.24) is 0 Å². The summed E-state index contributed by atoms with van der Waals surface area (Å²) in [5, 5.41) is 3.47. The lowest BCUT2D eigenvalue weighted by Crippen LogP contribution is -2.22. The minimum atomic E-state index is -0.422. The number of halogens is 1. The Hall–Kier alpha value is -1.98. The van der Waals surface area contributed by atoms with E-state index in [4.69, 9.17) is 16.3 Å². The highest BCUT2D eigenvalue weighted by molar-refractivity contribution is 7.99. The molecule has 1 N–H and O–H groups in total. The largest absolute Gasteiger partial charge is 0.455 e. The number of esters is 1. The van der Waals surface area contributed by atoms with E-state index in [1.807, 2.05) is 48.5 Å². The fraction of sp³-hybridized carbons (Fsp3) is 0.300. The summed E-state index contributed by atoms with van der Waals surface area (Å²) in [6.07, 6.45) is 0. The normalized spacial score (nSPS) is 10.6. The van der Waals surface area contributed by atoms with Gasteiger partial charge in [-0.05, 0) is 29.2 Å². The molecule has 2 aromatic rings. The molecule has 0 spiro atoms. The van der Waals surface area contributed by atoms with Crippen molar-refractivity contribution in [2.75, 3.05) is 17.7 Å². The van der Waals surface area contributed by atoms with Gasteiger partial charge in [-0.15, -0.1) is 11.8 Å². The zero-order valence-corrected chi connectivity index (χ0v) is 16.4. The van der Waals surface area contributed by atoms with Crippen LogP contribution in [-0.4, -0.2) is 24.2 Å². The molecule has 1 amide bonds. The number of ether oxygens (including phenoxy) is 1. The predicted octanol–water partition coefficient (Wildman–Crippen LogP) is 4.88. The average Bonchev–Trinajstić information content (AvgIpc) is 2.62. The molecule has 0 fully saturated rings. The first kappa shape index (κ1) is 20.3. The molecular weight excluding hydrogens is 370 g/mol. The van der Waals surface area contributed by atoms with Crippen molar-refractivity contribution in [1.29, 1.82) is 0 Å². The van der Waals surface area contributed by atoms with Gasteiger partial charge < -0.3 is 10.1 Å². The number of carbonyl (C=O) groups excluding carboxylic acids is 2. The maximum atomic E-state index is 12.0.